The molecule has 6 nitrogen and oxygen atoms in total. The Hall–Kier alpha value is -4.45. The smallest absolute Gasteiger partial charge is 0.267 e. The number of nitrogens with zero attached hydrogens (tertiary/aromatic N) is 1. The number of carbonyl (C=O) groups is 2. The molecular formula is C30H29N3O3. The molecule has 4 rings (SSSR count). The molecule has 0 bridgehead atoms. The van der Waals surface area contributed by atoms with E-state index >= 15 is 0 Å². The molecule has 2 N–H and O–H groups in total. The Morgan fingerprint density at radius 3 is 2.33 bits per heavy atom. The molecule has 182 valence electrons. The lowest BCUT2D eigenvalue weighted by atomic mass is 10.1. The number of hydrogen-bond acceptors (Lipinski definition) is 3. The monoisotopic (exact) mass is 479 g/mol. The third-order valence-electron chi connectivity index (χ3n) is 5.96. The van der Waals surface area contributed by atoms with Gasteiger partial charge in [-0.2, -0.15) is 0 Å². The average molecular weight is 480 g/mol. The highest BCUT2D eigenvalue weighted by molar-refractivity contribution is 6.04. The predicted molar refractivity (Wildman–Crippen MR) is 143 cm³/mol. The van der Waals surface area contributed by atoms with Gasteiger partial charge in [0.1, 0.15) is 5.56 Å². The minimum atomic E-state index is -0.401. The molecule has 1 heterocycles. The lowest BCUT2D eigenvalue weighted by Gasteiger charge is -2.15. The Morgan fingerprint density at radius 2 is 1.61 bits per heavy atom. The quantitative estimate of drug-likeness (QED) is 0.367. The molecule has 0 saturated heterocycles. The zero-order valence-corrected chi connectivity index (χ0v) is 20.4. The van der Waals surface area contributed by atoms with Gasteiger partial charge in [-0.3, -0.25) is 19.0 Å². The highest BCUT2D eigenvalue weighted by Gasteiger charge is 2.15. The topological polar surface area (TPSA) is 80.2 Å². The van der Waals surface area contributed by atoms with Crippen molar-refractivity contribution >= 4 is 17.5 Å². The van der Waals surface area contributed by atoms with Gasteiger partial charge in [0.15, 0.2) is 0 Å². The molecule has 1 atom stereocenters. The second-order valence-corrected chi connectivity index (χ2v) is 8.87. The molecule has 0 aliphatic rings. The van der Waals surface area contributed by atoms with Gasteiger partial charge in [-0.05, 0) is 80.8 Å². The lowest BCUT2D eigenvalue weighted by molar-refractivity contribution is 0.0936. The number of rotatable bonds is 8. The summed E-state index contributed by atoms with van der Waals surface area (Å²) < 4.78 is 1.43. The number of anilines is 1. The van der Waals surface area contributed by atoms with Gasteiger partial charge >= 0.3 is 0 Å². The number of amides is 2. The summed E-state index contributed by atoms with van der Waals surface area (Å²) in [6.07, 6.45) is 3.23. The molecular weight excluding hydrogens is 450 g/mol. The Labute approximate surface area is 210 Å². The van der Waals surface area contributed by atoms with Crippen LogP contribution in [0.1, 0.15) is 45.2 Å². The number of hydrogen-bond donors (Lipinski definition) is 2. The highest BCUT2D eigenvalue weighted by Crippen LogP contribution is 2.14. The van der Waals surface area contributed by atoms with E-state index in [0.29, 0.717) is 16.9 Å². The van der Waals surface area contributed by atoms with E-state index in [1.165, 1.54) is 16.2 Å². The Balaban J connectivity index is 1.42. The van der Waals surface area contributed by atoms with Crippen molar-refractivity contribution in [3.05, 3.63) is 130 Å². The molecule has 4 aromatic rings. The van der Waals surface area contributed by atoms with Crippen LogP contribution in [0.4, 0.5) is 5.69 Å². The minimum Gasteiger partial charge on any atom is -0.349 e. The summed E-state index contributed by atoms with van der Waals surface area (Å²) in [6.45, 7) is 3.87. The molecule has 0 fully saturated rings. The van der Waals surface area contributed by atoms with Gasteiger partial charge in [0, 0.05) is 29.2 Å². The van der Waals surface area contributed by atoms with Crippen LogP contribution in [0.15, 0.2) is 102 Å². The van der Waals surface area contributed by atoms with Gasteiger partial charge in [0.25, 0.3) is 17.4 Å². The first-order valence-electron chi connectivity index (χ1n) is 12.0. The van der Waals surface area contributed by atoms with Crippen molar-refractivity contribution < 1.29 is 9.59 Å². The van der Waals surface area contributed by atoms with Crippen LogP contribution < -0.4 is 16.2 Å². The van der Waals surface area contributed by atoms with E-state index in [1.54, 1.807) is 42.6 Å². The fraction of sp³-hybridized carbons (Fsp3) is 0.167. The highest BCUT2D eigenvalue weighted by atomic mass is 16.2. The van der Waals surface area contributed by atoms with Crippen LogP contribution in [-0.2, 0) is 6.42 Å². The third-order valence-corrected chi connectivity index (χ3v) is 5.96. The summed E-state index contributed by atoms with van der Waals surface area (Å²) in [7, 11) is 0. The van der Waals surface area contributed by atoms with Crippen molar-refractivity contribution in [2.45, 2.75) is 32.7 Å². The second kappa shape index (κ2) is 11.3. The van der Waals surface area contributed by atoms with Crippen LogP contribution in [0.2, 0.25) is 0 Å². The number of aromatic nitrogens is 1. The van der Waals surface area contributed by atoms with Crippen molar-refractivity contribution in [1.29, 1.82) is 0 Å². The van der Waals surface area contributed by atoms with Gasteiger partial charge < -0.3 is 10.6 Å². The maximum atomic E-state index is 13.1. The second-order valence-electron chi connectivity index (χ2n) is 8.87. The molecule has 0 radical (unpaired) electrons. The maximum Gasteiger partial charge on any atom is 0.267 e. The van der Waals surface area contributed by atoms with Crippen LogP contribution >= 0.6 is 0 Å². The fourth-order valence-corrected chi connectivity index (χ4v) is 3.97. The zero-order valence-electron chi connectivity index (χ0n) is 20.4. The Kier molecular flexibility index (Phi) is 7.75. The minimum absolute atomic E-state index is 0.0814. The molecule has 6 heteroatoms. The molecule has 1 aromatic heterocycles. The van der Waals surface area contributed by atoms with Crippen LogP contribution in [0.3, 0.4) is 0 Å². The Morgan fingerprint density at radius 1 is 0.861 bits per heavy atom. The van der Waals surface area contributed by atoms with Crippen molar-refractivity contribution in [1.82, 2.24) is 9.88 Å². The SMILES string of the molecule is Cc1cccc(C(=O)Nc2ccc(-n3cccc(C(=O)N[C@H](C)CCc4ccccc4)c3=O)cc2)c1. The van der Waals surface area contributed by atoms with Gasteiger partial charge in [0.2, 0.25) is 0 Å². The van der Waals surface area contributed by atoms with Crippen LogP contribution in [0.5, 0.6) is 0 Å². The van der Waals surface area contributed by atoms with Gasteiger partial charge in [-0.15, -0.1) is 0 Å². The van der Waals surface area contributed by atoms with Gasteiger partial charge in [-0.25, -0.2) is 0 Å². The molecule has 36 heavy (non-hydrogen) atoms. The summed E-state index contributed by atoms with van der Waals surface area (Å²) in [6, 6.07) is 27.5. The Bertz CT molecular complexity index is 1410. The first kappa shape index (κ1) is 24.7. The van der Waals surface area contributed by atoms with E-state index in [9.17, 15) is 14.4 Å². The molecule has 0 spiro atoms. The van der Waals surface area contributed by atoms with Crippen molar-refractivity contribution in [2.75, 3.05) is 5.32 Å². The maximum absolute atomic E-state index is 13.1. The number of nitrogens with one attached hydrogen (secondary N) is 2. The average Bonchev–Trinajstić information content (AvgIpc) is 2.89. The van der Waals surface area contributed by atoms with Crippen LogP contribution in [-0.4, -0.2) is 22.4 Å². The standard InChI is InChI=1S/C30H29N3O3/c1-21-8-6-11-24(20-21)28(34)32-25-15-17-26(18-16-25)33-19-7-12-27(30(33)36)29(35)31-22(2)13-14-23-9-4-3-5-10-23/h3-12,15-20,22H,13-14H2,1-2H3,(H,31,35)(H,32,34)/t22-/m1/s1. The molecule has 3 aromatic carbocycles. The molecule has 2 amide bonds. The van der Waals surface area contributed by atoms with E-state index in [0.717, 1.165) is 18.4 Å². The van der Waals surface area contributed by atoms with Crippen molar-refractivity contribution in [3.8, 4) is 5.69 Å². The molecule has 0 saturated carbocycles. The van der Waals surface area contributed by atoms with Gasteiger partial charge in [-0.1, -0.05) is 48.0 Å². The number of carbonyl (C=O) groups excluding carboxylic acids is 2. The van der Waals surface area contributed by atoms with Crippen LogP contribution in [0, 0.1) is 6.92 Å². The predicted octanol–water partition coefficient (Wildman–Crippen LogP) is 5.15. The van der Waals surface area contributed by atoms with E-state index in [-0.39, 0.29) is 17.5 Å². The number of benzene rings is 3. The van der Waals surface area contributed by atoms with Crippen molar-refractivity contribution in [2.24, 2.45) is 0 Å². The summed E-state index contributed by atoms with van der Waals surface area (Å²) in [5.74, 6) is -0.597. The van der Waals surface area contributed by atoms with Crippen molar-refractivity contribution in [3.63, 3.8) is 0 Å². The summed E-state index contributed by atoms with van der Waals surface area (Å²) in [4.78, 5) is 38.4. The third kappa shape index (κ3) is 6.16. The van der Waals surface area contributed by atoms with E-state index in [2.05, 4.69) is 22.8 Å². The summed E-state index contributed by atoms with van der Waals surface area (Å²) in [5.41, 5.74) is 3.68. The van der Waals surface area contributed by atoms with Crippen LogP contribution in [0.25, 0.3) is 5.69 Å². The van der Waals surface area contributed by atoms with E-state index in [4.69, 9.17) is 0 Å². The summed E-state index contributed by atoms with van der Waals surface area (Å²) >= 11 is 0. The first-order chi connectivity index (χ1) is 17.4. The van der Waals surface area contributed by atoms with E-state index < -0.39 is 11.5 Å². The van der Waals surface area contributed by atoms with E-state index in [1.807, 2.05) is 50.2 Å². The zero-order chi connectivity index (χ0) is 25.5. The summed E-state index contributed by atoms with van der Waals surface area (Å²) in [5, 5.41) is 5.80. The molecule has 0 unspecified atom stereocenters. The number of aryl methyl sites for hydroxylation is 2. The normalized spacial score (nSPS) is 11.5. The lowest BCUT2D eigenvalue weighted by Crippen LogP contribution is -2.37. The number of pyridine rings is 1. The van der Waals surface area contributed by atoms with Gasteiger partial charge in [0.05, 0.1) is 0 Å². The molecule has 0 aliphatic heterocycles. The fourth-order valence-electron chi connectivity index (χ4n) is 3.97. The largest absolute Gasteiger partial charge is 0.349 e. The first-order valence-corrected chi connectivity index (χ1v) is 12.0. The molecule has 0 aliphatic carbocycles.